The predicted octanol–water partition coefficient (Wildman–Crippen LogP) is 1.67. The van der Waals surface area contributed by atoms with Crippen LogP contribution in [0.25, 0.3) is 5.48 Å². The molecule has 2 saturated heterocycles. The minimum absolute atomic E-state index is 0. The fraction of sp³-hybridized carbons (Fsp3) is 0.556. The molecule has 2 heterocycles. The Labute approximate surface area is 167 Å². The fourth-order valence-corrected chi connectivity index (χ4v) is 4.09. The zero-order valence-electron chi connectivity index (χ0n) is 14.7. The van der Waals surface area contributed by atoms with Crippen molar-refractivity contribution in [2.24, 2.45) is 5.41 Å². The second kappa shape index (κ2) is 7.67. The Morgan fingerprint density at radius 1 is 1.27 bits per heavy atom. The molecule has 4 rings (SSSR count). The first-order valence-corrected chi connectivity index (χ1v) is 8.80. The van der Waals surface area contributed by atoms with Crippen LogP contribution in [0.4, 0.5) is 5.69 Å². The van der Waals surface area contributed by atoms with E-state index in [0.717, 1.165) is 18.8 Å². The number of rotatable bonds is 5. The number of nitrogens with zero attached hydrogens (tertiary/aromatic N) is 1. The molecule has 1 saturated carbocycles. The van der Waals surface area contributed by atoms with Gasteiger partial charge in [0.25, 0.3) is 0 Å². The molecule has 1 aliphatic carbocycles. The number of piperidine rings is 1. The van der Waals surface area contributed by atoms with Crippen molar-refractivity contribution >= 4 is 17.5 Å². The Balaban J connectivity index is 0.00000196. The normalized spacial score (nSPS) is 24.1. The molecule has 3 aliphatic rings. The maximum absolute atomic E-state index is 12.0. The van der Waals surface area contributed by atoms with Crippen LogP contribution in [0.15, 0.2) is 18.2 Å². The summed E-state index contributed by atoms with van der Waals surface area (Å²) >= 11 is 0. The molecule has 3 fully saturated rings. The molecule has 8 heteroatoms. The minimum atomic E-state index is -0.434. The number of carbonyl (C=O) groups is 2. The molecule has 3 N–H and O–H groups in total. The van der Waals surface area contributed by atoms with Crippen LogP contribution in [0, 0.1) is 5.41 Å². The van der Waals surface area contributed by atoms with Crippen molar-refractivity contribution in [2.75, 3.05) is 25.5 Å². The average Bonchev–Trinajstić information content (AvgIpc) is 2.49. The summed E-state index contributed by atoms with van der Waals surface area (Å²) in [5.41, 5.74) is 6.28. The molecular formula is C18H23N4O3W-. The summed E-state index contributed by atoms with van der Waals surface area (Å²) in [6.45, 7) is 2.26. The molecule has 0 radical (unpaired) electrons. The van der Waals surface area contributed by atoms with Crippen LogP contribution in [-0.2, 0) is 30.7 Å². The van der Waals surface area contributed by atoms with Gasteiger partial charge in [0.1, 0.15) is 11.8 Å². The molecule has 1 spiro atoms. The van der Waals surface area contributed by atoms with Gasteiger partial charge in [-0.3, -0.25) is 14.9 Å². The average molecular weight is 527 g/mol. The van der Waals surface area contributed by atoms with Crippen LogP contribution in [0.1, 0.15) is 37.2 Å². The van der Waals surface area contributed by atoms with Crippen LogP contribution in [0.5, 0.6) is 5.75 Å². The van der Waals surface area contributed by atoms with Crippen LogP contribution >= 0.6 is 0 Å². The molecule has 26 heavy (non-hydrogen) atoms. The zero-order valence-corrected chi connectivity index (χ0v) is 17.6. The van der Waals surface area contributed by atoms with Crippen LogP contribution in [0.3, 0.4) is 0 Å². The SMILES string of the molecule is C[N-]Oc1cc(C2CC3(CNC3)C2)ccc1NC1CCC(=O)NC1=O.[W]. The number of nitrogens with one attached hydrogen (secondary N) is 3. The number of benzene rings is 1. The summed E-state index contributed by atoms with van der Waals surface area (Å²) < 4.78 is 0. The van der Waals surface area contributed by atoms with E-state index < -0.39 is 6.04 Å². The molecule has 1 aromatic carbocycles. The minimum Gasteiger partial charge on any atom is -0.586 e. The van der Waals surface area contributed by atoms with E-state index >= 15 is 0 Å². The summed E-state index contributed by atoms with van der Waals surface area (Å²) in [4.78, 5) is 28.7. The third kappa shape index (κ3) is 3.66. The van der Waals surface area contributed by atoms with Gasteiger partial charge in [0, 0.05) is 40.6 Å². The number of anilines is 1. The van der Waals surface area contributed by atoms with E-state index in [4.69, 9.17) is 4.84 Å². The van der Waals surface area contributed by atoms with Crippen molar-refractivity contribution in [3.63, 3.8) is 0 Å². The Bertz CT molecular complexity index is 700. The van der Waals surface area contributed by atoms with Crippen molar-refractivity contribution in [1.29, 1.82) is 0 Å². The van der Waals surface area contributed by atoms with Crippen LogP contribution in [0.2, 0.25) is 0 Å². The molecule has 1 aromatic rings. The molecule has 2 aliphatic heterocycles. The van der Waals surface area contributed by atoms with Gasteiger partial charge in [-0.1, -0.05) is 6.07 Å². The van der Waals surface area contributed by atoms with E-state index in [1.165, 1.54) is 18.4 Å². The molecule has 1 atom stereocenters. The first-order chi connectivity index (χ1) is 12.1. The second-order valence-electron chi connectivity index (χ2n) is 7.39. The number of hydrogen-bond donors (Lipinski definition) is 3. The Hall–Kier alpha value is -1.43. The first kappa shape index (κ1) is 19.3. The fourth-order valence-electron chi connectivity index (χ4n) is 4.09. The Morgan fingerprint density at radius 3 is 2.65 bits per heavy atom. The number of imide groups is 1. The molecule has 0 aromatic heterocycles. The summed E-state index contributed by atoms with van der Waals surface area (Å²) in [7, 11) is 1.58. The maximum Gasteiger partial charge on any atom is 0.249 e. The van der Waals surface area contributed by atoms with Gasteiger partial charge in [0.2, 0.25) is 11.8 Å². The summed E-state index contributed by atoms with van der Waals surface area (Å²) in [5.74, 6) is 0.671. The third-order valence-electron chi connectivity index (χ3n) is 5.59. The van der Waals surface area contributed by atoms with Crippen molar-refractivity contribution < 1.29 is 35.5 Å². The monoisotopic (exact) mass is 527 g/mol. The van der Waals surface area contributed by atoms with Crippen molar-refractivity contribution in [2.45, 2.75) is 37.6 Å². The van der Waals surface area contributed by atoms with E-state index in [2.05, 4.69) is 27.5 Å². The molecule has 7 nitrogen and oxygen atoms in total. The van der Waals surface area contributed by atoms with E-state index in [1.807, 2.05) is 12.1 Å². The van der Waals surface area contributed by atoms with Gasteiger partial charge in [-0.25, -0.2) is 0 Å². The second-order valence-corrected chi connectivity index (χ2v) is 7.39. The molecule has 140 valence electrons. The molecular weight excluding hydrogens is 504 g/mol. The van der Waals surface area contributed by atoms with E-state index in [9.17, 15) is 9.59 Å². The molecule has 0 bridgehead atoms. The summed E-state index contributed by atoms with van der Waals surface area (Å²) in [6, 6.07) is 5.63. The van der Waals surface area contributed by atoms with E-state index in [-0.39, 0.29) is 32.9 Å². The number of carbonyl (C=O) groups excluding carboxylic acids is 2. The van der Waals surface area contributed by atoms with Gasteiger partial charge in [0.15, 0.2) is 0 Å². The van der Waals surface area contributed by atoms with Crippen molar-refractivity contribution in [3.8, 4) is 5.75 Å². The predicted molar refractivity (Wildman–Crippen MR) is 93.4 cm³/mol. The smallest absolute Gasteiger partial charge is 0.249 e. The molecule has 2 amide bonds. The first-order valence-electron chi connectivity index (χ1n) is 8.80. The Kier molecular flexibility index (Phi) is 5.70. The Morgan fingerprint density at radius 2 is 2.04 bits per heavy atom. The van der Waals surface area contributed by atoms with Gasteiger partial charge in [-0.05, 0) is 48.3 Å². The number of hydroxylamine groups is 1. The van der Waals surface area contributed by atoms with Gasteiger partial charge in [-0.2, -0.15) is 0 Å². The topological polar surface area (TPSA) is 93.6 Å². The maximum atomic E-state index is 12.0. The van der Waals surface area contributed by atoms with Gasteiger partial charge in [0.05, 0.1) is 5.69 Å². The van der Waals surface area contributed by atoms with Crippen LogP contribution in [-0.4, -0.2) is 38.0 Å². The van der Waals surface area contributed by atoms with Gasteiger partial charge >= 0.3 is 0 Å². The number of amides is 2. The van der Waals surface area contributed by atoms with Crippen molar-refractivity contribution in [3.05, 3.63) is 29.2 Å². The van der Waals surface area contributed by atoms with Crippen molar-refractivity contribution in [1.82, 2.24) is 10.6 Å². The summed E-state index contributed by atoms with van der Waals surface area (Å²) in [5, 5.41) is 8.90. The van der Waals surface area contributed by atoms with Gasteiger partial charge in [-0.15, -0.1) is 7.05 Å². The quantitative estimate of drug-likeness (QED) is 0.401. The largest absolute Gasteiger partial charge is 0.586 e. The standard InChI is InChI=1S/C18H23N4O3.W/c1-19-25-15-6-11(12-7-18(8-12)9-20-10-18)2-3-13(15)21-14-4-5-16(23)22-17(14)24;/h2-3,6,12,14,20-21H,4-5,7-10H2,1H3,(H,22,23,24);/q-1;. The van der Waals surface area contributed by atoms with E-state index in [1.54, 1.807) is 7.05 Å². The van der Waals surface area contributed by atoms with Gasteiger partial charge < -0.3 is 21.0 Å². The molecule has 1 unspecified atom stereocenters. The zero-order chi connectivity index (χ0) is 17.4. The summed E-state index contributed by atoms with van der Waals surface area (Å²) in [6.07, 6.45) is 3.24. The number of hydrogen-bond acceptors (Lipinski definition) is 5. The van der Waals surface area contributed by atoms with E-state index in [0.29, 0.717) is 29.9 Å². The van der Waals surface area contributed by atoms with Crippen LogP contribution < -0.4 is 20.8 Å². The third-order valence-corrected chi connectivity index (χ3v) is 5.59.